The number of fused-ring (bicyclic) bond motifs is 1. The molecule has 2 aliphatic rings. The van der Waals surface area contributed by atoms with Gasteiger partial charge >= 0.3 is 0 Å². The Morgan fingerprint density at radius 3 is 2.60 bits per heavy atom. The molecule has 2 N–H and O–H groups in total. The fourth-order valence-corrected chi connectivity index (χ4v) is 4.77. The first-order chi connectivity index (χ1) is 12.0. The van der Waals surface area contributed by atoms with E-state index in [4.69, 9.17) is 23.2 Å². The van der Waals surface area contributed by atoms with Crippen molar-refractivity contribution in [3.63, 3.8) is 0 Å². The van der Waals surface area contributed by atoms with Crippen molar-refractivity contribution < 1.29 is 9.90 Å². The first kappa shape index (κ1) is 19.0. The minimum Gasteiger partial charge on any atom is -0.391 e. The van der Waals surface area contributed by atoms with Gasteiger partial charge in [0.05, 0.1) is 18.7 Å². The number of aliphatic hydroxyl groups excluding tert-OH is 1. The molecule has 0 saturated heterocycles. The summed E-state index contributed by atoms with van der Waals surface area (Å²) >= 11 is 12.4. The van der Waals surface area contributed by atoms with Crippen molar-refractivity contribution in [1.82, 2.24) is 10.2 Å². The van der Waals surface area contributed by atoms with Crippen LogP contribution in [0.1, 0.15) is 55.7 Å². The van der Waals surface area contributed by atoms with Gasteiger partial charge in [0.1, 0.15) is 0 Å². The van der Waals surface area contributed by atoms with Gasteiger partial charge in [-0.05, 0) is 43.1 Å². The maximum atomic E-state index is 12.5. The number of nitrogens with one attached hydrogen (secondary N) is 1. The lowest BCUT2D eigenvalue weighted by molar-refractivity contribution is -0.123. The third-order valence-corrected chi connectivity index (χ3v) is 5.93. The summed E-state index contributed by atoms with van der Waals surface area (Å²) < 4.78 is 0. The number of nitrogens with zero attached hydrogens (tertiary/aromatic N) is 1. The van der Waals surface area contributed by atoms with Crippen molar-refractivity contribution in [1.29, 1.82) is 0 Å². The highest BCUT2D eigenvalue weighted by Crippen LogP contribution is 2.40. The lowest BCUT2D eigenvalue weighted by Gasteiger charge is -2.28. The number of likely N-dealkylation sites (N-methyl/N-ethyl adjacent to an activating group) is 1. The Kier molecular flexibility index (Phi) is 6.26. The van der Waals surface area contributed by atoms with Gasteiger partial charge in [0.15, 0.2) is 0 Å². The Hall–Kier alpha value is -0.810. The molecule has 0 aromatic heterocycles. The van der Waals surface area contributed by atoms with Crippen molar-refractivity contribution in [2.24, 2.45) is 0 Å². The Balaban J connectivity index is 1.65. The molecule has 1 aromatic carbocycles. The van der Waals surface area contributed by atoms with E-state index in [-0.39, 0.29) is 24.5 Å². The Morgan fingerprint density at radius 2 is 1.92 bits per heavy atom. The Labute approximate surface area is 159 Å². The van der Waals surface area contributed by atoms with Gasteiger partial charge in [-0.15, -0.1) is 0 Å². The molecule has 3 rings (SSSR count). The number of amides is 1. The van der Waals surface area contributed by atoms with Crippen LogP contribution in [0.4, 0.5) is 0 Å². The van der Waals surface area contributed by atoms with E-state index >= 15 is 0 Å². The molecule has 1 aromatic rings. The summed E-state index contributed by atoms with van der Waals surface area (Å²) in [6.07, 6.45) is 6.94. The van der Waals surface area contributed by atoms with E-state index in [0.29, 0.717) is 16.5 Å². The maximum absolute atomic E-state index is 12.5. The molecule has 1 saturated carbocycles. The van der Waals surface area contributed by atoms with Crippen LogP contribution in [0, 0.1) is 0 Å². The van der Waals surface area contributed by atoms with Crippen molar-refractivity contribution in [3.8, 4) is 0 Å². The topological polar surface area (TPSA) is 52.6 Å². The minimum atomic E-state index is -0.582. The van der Waals surface area contributed by atoms with Gasteiger partial charge in [0, 0.05) is 22.5 Å². The van der Waals surface area contributed by atoms with Crippen LogP contribution in [0.25, 0.3) is 0 Å². The SMILES string of the molecule is CN(CC(=O)NC1CCCCCC1)[C@H]1c2cc(Cl)cc(Cl)c2C[C@H]1O. The number of rotatable bonds is 4. The van der Waals surface area contributed by atoms with Crippen LogP contribution in [0.5, 0.6) is 0 Å². The molecule has 138 valence electrons. The highest BCUT2D eigenvalue weighted by molar-refractivity contribution is 6.35. The molecule has 0 bridgehead atoms. The normalized spacial score (nSPS) is 24.2. The van der Waals surface area contributed by atoms with Crippen LogP contribution in [0.3, 0.4) is 0 Å². The smallest absolute Gasteiger partial charge is 0.234 e. The van der Waals surface area contributed by atoms with E-state index in [1.54, 1.807) is 6.07 Å². The van der Waals surface area contributed by atoms with Crippen LogP contribution in [-0.2, 0) is 11.2 Å². The first-order valence-electron chi connectivity index (χ1n) is 9.11. The molecule has 1 amide bonds. The molecule has 1 fully saturated rings. The van der Waals surface area contributed by atoms with Crippen LogP contribution in [0.2, 0.25) is 10.0 Å². The molecule has 2 atom stereocenters. The van der Waals surface area contributed by atoms with E-state index in [2.05, 4.69) is 5.32 Å². The van der Waals surface area contributed by atoms with Crippen LogP contribution >= 0.6 is 23.2 Å². The van der Waals surface area contributed by atoms with E-state index in [0.717, 1.165) is 24.0 Å². The largest absolute Gasteiger partial charge is 0.391 e. The van der Waals surface area contributed by atoms with Crippen LogP contribution in [-0.4, -0.2) is 41.7 Å². The zero-order valence-corrected chi connectivity index (χ0v) is 16.1. The summed E-state index contributed by atoms with van der Waals surface area (Å²) in [6.45, 7) is 0.252. The fourth-order valence-electron chi connectivity index (χ4n) is 4.18. The predicted octanol–water partition coefficient (Wildman–Crippen LogP) is 3.72. The number of hydrogen-bond donors (Lipinski definition) is 2. The van der Waals surface area contributed by atoms with E-state index < -0.39 is 6.10 Å². The molecule has 0 heterocycles. The highest BCUT2D eigenvalue weighted by Gasteiger charge is 2.36. The van der Waals surface area contributed by atoms with Gasteiger partial charge in [0.2, 0.25) is 5.91 Å². The summed E-state index contributed by atoms with van der Waals surface area (Å²) in [5, 5.41) is 14.8. The van der Waals surface area contributed by atoms with E-state index in [1.807, 2.05) is 18.0 Å². The van der Waals surface area contributed by atoms with Gasteiger partial charge in [0.25, 0.3) is 0 Å². The van der Waals surface area contributed by atoms with Crippen molar-refractivity contribution in [2.45, 2.75) is 63.1 Å². The second kappa shape index (κ2) is 8.26. The Bertz CT molecular complexity index is 630. The number of carbonyl (C=O) groups is 1. The molecule has 0 spiro atoms. The number of carbonyl (C=O) groups excluding carboxylic acids is 1. The fraction of sp³-hybridized carbons (Fsp3) is 0.632. The first-order valence-corrected chi connectivity index (χ1v) is 9.87. The highest BCUT2D eigenvalue weighted by atomic mass is 35.5. The molecule has 25 heavy (non-hydrogen) atoms. The summed E-state index contributed by atoms with van der Waals surface area (Å²) in [4.78, 5) is 14.4. The van der Waals surface area contributed by atoms with Gasteiger partial charge in [-0.2, -0.15) is 0 Å². The van der Waals surface area contributed by atoms with Gasteiger partial charge in [-0.1, -0.05) is 48.9 Å². The number of benzene rings is 1. The monoisotopic (exact) mass is 384 g/mol. The number of halogens is 2. The van der Waals surface area contributed by atoms with Gasteiger partial charge in [-0.25, -0.2) is 0 Å². The summed E-state index contributed by atoms with van der Waals surface area (Å²) in [6, 6.07) is 3.58. The van der Waals surface area contributed by atoms with Gasteiger partial charge < -0.3 is 10.4 Å². The standard InChI is InChI=1S/C19H26Cl2N2O2/c1-23(11-18(25)22-13-6-4-2-3-5-7-13)19-15-8-12(20)9-16(21)14(15)10-17(19)24/h8-9,13,17,19,24H,2-7,10-11H2,1H3,(H,22,25)/t17-,19+/m1/s1. The minimum absolute atomic E-state index is 0.0168. The second-order valence-electron chi connectivity index (χ2n) is 7.34. The van der Waals surface area contributed by atoms with Crippen molar-refractivity contribution in [3.05, 3.63) is 33.3 Å². The quantitative estimate of drug-likeness (QED) is 0.777. The molecule has 4 nitrogen and oxygen atoms in total. The average molecular weight is 385 g/mol. The van der Waals surface area contributed by atoms with E-state index in [1.165, 1.54) is 25.7 Å². The molecule has 6 heteroatoms. The van der Waals surface area contributed by atoms with Gasteiger partial charge in [-0.3, -0.25) is 9.69 Å². The number of hydrogen-bond acceptors (Lipinski definition) is 3. The van der Waals surface area contributed by atoms with Crippen molar-refractivity contribution >= 4 is 29.1 Å². The third kappa shape index (κ3) is 4.48. The maximum Gasteiger partial charge on any atom is 0.234 e. The molecular weight excluding hydrogens is 359 g/mol. The number of aliphatic hydroxyl groups is 1. The molecular formula is C19H26Cl2N2O2. The van der Waals surface area contributed by atoms with Crippen LogP contribution < -0.4 is 5.32 Å². The molecule has 0 radical (unpaired) electrons. The zero-order valence-electron chi connectivity index (χ0n) is 14.6. The van der Waals surface area contributed by atoms with Crippen LogP contribution in [0.15, 0.2) is 12.1 Å². The predicted molar refractivity (Wildman–Crippen MR) is 101 cm³/mol. The van der Waals surface area contributed by atoms with E-state index in [9.17, 15) is 9.90 Å². The lowest BCUT2D eigenvalue weighted by atomic mass is 10.1. The summed E-state index contributed by atoms with van der Waals surface area (Å²) in [5.41, 5.74) is 1.86. The summed E-state index contributed by atoms with van der Waals surface area (Å²) in [5.74, 6) is 0.0168. The summed E-state index contributed by atoms with van der Waals surface area (Å²) in [7, 11) is 1.87. The van der Waals surface area contributed by atoms with Crippen molar-refractivity contribution in [2.75, 3.05) is 13.6 Å². The third-order valence-electron chi connectivity index (χ3n) is 5.38. The molecule has 2 aliphatic carbocycles. The lowest BCUT2D eigenvalue weighted by Crippen LogP contribution is -2.43. The zero-order chi connectivity index (χ0) is 18.0. The average Bonchev–Trinajstić information content (AvgIpc) is 2.70. The molecule has 0 aliphatic heterocycles. The molecule has 0 unspecified atom stereocenters. The Morgan fingerprint density at radius 1 is 1.24 bits per heavy atom. The second-order valence-corrected chi connectivity index (χ2v) is 8.19.